The number of carbonyl (C=O) groups excluding carboxylic acids is 1. The molecule has 0 aliphatic rings. The topological polar surface area (TPSA) is 17.1 Å². The van der Waals surface area contributed by atoms with E-state index in [1.165, 1.54) is 0 Å². The number of hydrogen-bond donors (Lipinski definition) is 0. The molecule has 0 aromatic heterocycles. The van der Waals surface area contributed by atoms with Crippen molar-refractivity contribution in [2.45, 2.75) is 100 Å². The number of carbonyl (C=O) groups is 1. The van der Waals surface area contributed by atoms with E-state index in [4.69, 9.17) is 0 Å². The third-order valence-corrected chi connectivity index (χ3v) is 7.85. The maximum atomic E-state index is 13.9. The molecule has 0 fully saturated rings. The summed E-state index contributed by atoms with van der Waals surface area (Å²) in [6.07, 6.45) is -24.3. The molecule has 0 aromatic carbocycles. The minimum Gasteiger partial charge on any atom is -0.301 e. The molecule has 0 amide bonds. The van der Waals surface area contributed by atoms with E-state index in [9.17, 15) is 128 Å². The van der Waals surface area contributed by atoms with Crippen molar-refractivity contribution in [3.63, 3.8) is 0 Å². The van der Waals surface area contributed by atoms with Crippen molar-refractivity contribution in [3.05, 3.63) is 0 Å². The molecule has 0 saturated carbocycles. The van der Waals surface area contributed by atoms with Crippen LogP contribution in [0.5, 0.6) is 0 Å². The predicted molar refractivity (Wildman–Crippen MR) is 106 cm³/mol. The Hall–Kier alpha value is -1.59. The van der Waals surface area contributed by atoms with Gasteiger partial charge in [-0.2, -0.15) is 114 Å². The first kappa shape index (κ1) is 47.4. The van der Waals surface area contributed by atoms with Crippen LogP contribution in [0, 0.1) is 0 Å². The highest BCUT2D eigenvalue weighted by atomic mass is 32.2. The van der Waals surface area contributed by atoms with Crippen molar-refractivity contribution < 1.29 is 128 Å². The van der Waals surface area contributed by atoms with E-state index >= 15 is 0 Å². The lowest BCUT2D eigenvalue weighted by molar-refractivity contribution is -0.440. The van der Waals surface area contributed by atoms with Crippen molar-refractivity contribution in [1.29, 1.82) is 0 Å². The second kappa shape index (κ2) is 13.4. The van der Waals surface area contributed by atoms with Gasteiger partial charge in [0.15, 0.2) is 11.0 Å². The quantitative estimate of drug-likeness (QED) is 0.0826. The van der Waals surface area contributed by atoms with Crippen LogP contribution >= 0.6 is 23.5 Å². The standard InChI is InChI=1S/C18H8F28OS2/c19-4(1-7(21,22)9(25,26)11(29,30)13(33,34)15(37,38)17(41,42)43)48-6(3-47)49-5(20)2-8(23,24)10(27,28)12(31,32)14(35,36)16(39,40)18(44,45)46/h3-6H,1-2H2. The molecule has 0 bridgehead atoms. The summed E-state index contributed by atoms with van der Waals surface area (Å²) in [4.78, 5) is 10.8. The van der Waals surface area contributed by atoms with Gasteiger partial charge in [-0.15, -0.1) is 23.5 Å². The Kier molecular flexibility index (Phi) is 13.0. The minimum absolute atomic E-state index is 1.11. The van der Waals surface area contributed by atoms with Gasteiger partial charge in [-0.25, -0.2) is 8.78 Å². The lowest BCUT2D eigenvalue weighted by atomic mass is 9.93. The van der Waals surface area contributed by atoms with Crippen LogP contribution in [0.15, 0.2) is 0 Å². The first-order valence-corrected chi connectivity index (χ1v) is 12.8. The van der Waals surface area contributed by atoms with Crippen LogP contribution in [0.3, 0.4) is 0 Å². The average molecular weight is 836 g/mol. The van der Waals surface area contributed by atoms with Crippen LogP contribution in [0.4, 0.5) is 123 Å². The van der Waals surface area contributed by atoms with Crippen molar-refractivity contribution in [3.8, 4) is 0 Å². The zero-order valence-corrected chi connectivity index (χ0v) is 23.2. The van der Waals surface area contributed by atoms with Gasteiger partial charge >= 0.3 is 71.6 Å². The van der Waals surface area contributed by atoms with E-state index in [0.717, 1.165) is 0 Å². The van der Waals surface area contributed by atoms with E-state index in [1.54, 1.807) is 0 Å². The molecular weight excluding hydrogens is 828 g/mol. The summed E-state index contributed by atoms with van der Waals surface area (Å²) in [6.45, 7) is 0. The second-order valence-electron chi connectivity index (χ2n) is 9.00. The Balaban J connectivity index is 6.11. The SMILES string of the molecule is O=CC(SC(F)CC(F)(F)C(F)(F)C(F)(F)C(F)(F)C(F)(F)C(F)(F)F)SC(F)CC(F)(F)C(F)(F)C(F)(F)C(F)(F)C(F)(F)C(F)(F)F. The first-order chi connectivity index (χ1) is 20.9. The number of hydrogen-bond acceptors (Lipinski definition) is 3. The Bertz CT molecular complexity index is 1060. The fourth-order valence-corrected chi connectivity index (χ4v) is 5.05. The monoisotopic (exact) mass is 836 g/mol. The van der Waals surface area contributed by atoms with Gasteiger partial charge in [-0.3, -0.25) is 0 Å². The Labute approximate surface area is 258 Å². The number of aldehydes is 1. The molecule has 294 valence electrons. The van der Waals surface area contributed by atoms with E-state index in [0.29, 0.717) is 0 Å². The summed E-state index contributed by atoms with van der Waals surface area (Å²) >= 11 is -3.03. The van der Waals surface area contributed by atoms with Gasteiger partial charge in [0.25, 0.3) is 0 Å². The molecule has 0 rings (SSSR count). The number of thioether (sulfide) groups is 2. The third-order valence-electron chi connectivity index (χ3n) is 5.51. The first-order valence-electron chi connectivity index (χ1n) is 10.9. The summed E-state index contributed by atoms with van der Waals surface area (Å²) in [7, 11) is 0. The average Bonchev–Trinajstić information content (AvgIpc) is 2.85. The smallest absolute Gasteiger partial charge is 0.301 e. The molecule has 1 nitrogen and oxygen atoms in total. The van der Waals surface area contributed by atoms with Gasteiger partial charge in [0.1, 0.15) is 10.9 Å². The molecule has 49 heavy (non-hydrogen) atoms. The fourth-order valence-electron chi connectivity index (χ4n) is 2.75. The Morgan fingerprint density at radius 1 is 0.367 bits per heavy atom. The van der Waals surface area contributed by atoms with Gasteiger partial charge in [0.2, 0.25) is 0 Å². The van der Waals surface area contributed by atoms with Crippen molar-refractivity contribution in [2.75, 3.05) is 0 Å². The number of halogens is 28. The largest absolute Gasteiger partial charge is 0.460 e. The van der Waals surface area contributed by atoms with Crippen LogP contribution in [-0.2, 0) is 4.79 Å². The molecule has 0 heterocycles. The summed E-state index contributed by atoms with van der Waals surface area (Å²) in [5, 5.41) is 0. The van der Waals surface area contributed by atoms with Gasteiger partial charge in [-0.05, 0) is 0 Å². The Morgan fingerprint density at radius 3 is 0.755 bits per heavy atom. The predicted octanol–water partition coefficient (Wildman–Crippen LogP) is 10.8. The lowest BCUT2D eigenvalue weighted by Gasteiger charge is -2.40. The zero-order valence-electron chi connectivity index (χ0n) is 21.5. The van der Waals surface area contributed by atoms with Crippen molar-refractivity contribution in [2.24, 2.45) is 0 Å². The molecule has 2 atom stereocenters. The number of alkyl halides is 28. The van der Waals surface area contributed by atoms with Gasteiger partial charge in [-0.1, -0.05) is 0 Å². The highest BCUT2D eigenvalue weighted by Crippen LogP contribution is 2.63. The van der Waals surface area contributed by atoms with E-state index in [2.05, 4.69) is 0 Å². The zero-order chi connectivity index (χ0) is 40.3. The molecule has 0 aromatic rings. The molecule has 0 spiro atoms. The van der Waals surface area contributed by atoms with Crippen LogP contribution in [0.2, 0.25) is 0 Å². The van der Waals surface area contributed by atoms with Crippen LogP contribution < -0.4 is 0 Å². The molecule has 0 aliphatic heterocycles. The minimum atomic E-state index is -8.44. The molecule has 31 heteroatoms. The van der Waals surface area contributed by atoms with Gasteiger partial charge < -0.3 is 4.79 Å². The van der Waals surface area contributed by atoms with E-state index in [-0.39, 0.29) is 0 Å². The van der Waals surface area contributed by atoms with Crippen LogP contribution in [-0.4, -0.2) is 93.5 Å². The van der Waals surface area contributed by atoms with Crippen molar-refractivity contribution in [1.82, 2.24) is 0 Å². The molecule has 2 unspecified atom stereocenters. The van der Waals surface area contributed by atoms with E-state index < -0.39 is 130 Å². The van der Waals surface area contributed by atoms with Gasteiger partial charge in [0.05, 0.1) is 12.8 Å². The summed E-state index contributed by atoms with van der Waals surface area (Å²) in [6, 6.07) is 0. The van der Waals surface area contributed by atoms with E-state index in [1.807, 2.05) is 0 Å². The summed E-state index contributed by atoms with van der Waals surface area (Å²) in [5.74, 6) is -80.7. The fraction of sp³-hybridized carbons (Fsp3) is 0.944. The summed E-state index contributed by atoms with van der Waals surface area (Å²) in [5.41, 5.74) is -8.50. The van der Waals surface area contributed by atoms with Crippen molar-refractivity contribution >= 4 is 29.8 Å². The Morgan fingerprint density at radius 2 is 0.571 bits per heavy atom. The molecule has 0 N–H and O–H groups in total. The number of rotatable bonds is 17. The third kappa shape index (κ3) is 7.79. The maximum Gasteiger partial charge on any atom is 0.460 e. The normalized spacial score (nSPS) is 18.0. The molecule has 0 radical (unpaired) electrons. The highest BCUT2D eigenvalue weighted by molar-refractivity contribution is 8.18. The summed E-state index contributed by atoms with van der Waals surface area (Å²) < 4.78 is 364. The van der Waals surface area contributed by atoms with Crippen LogP contribution in [0.1, 0.15) is 12.8 Å². The van der Waals surface area contributed by atoms with Crippen LogP contribution in [0.25, 0.3) is 0 Å². The lowest BCUT2D eigenvalue weighted by Crippen LogP contribution is -2.70. The molecular formula is C18H8F28OS2. The molecule has 0 saturated heterocycles. The highest BCUT2D eigenvalue weighted by Gasteiger charge is 2.92. The van der Waals surface area contributed by atoms with Gasteiger partial charge in [0, 0.05) is 0 Å². The maximum absolute atomic E-state index is 13.9. The second-order valence-corrected chi connectivity index (χ2v) is 11.9. The molecule has 0 aliphatic carbocycles.